The van der Waals surface area contributed by atoms with E-state index in [-0.39, 0.29) is 6.10 Å². The van der Waals surface area contributed by atoms with Gasteiger partial charge < -0.3 is 15.0 Å². The topological polar surface area (TPSA) is 54.7 Å². The van der Waals surface area contributed by atoms with E-state index in [1.165, 1.54) is 25.7 Å². The number of aromatic nitrogens is 2. The van der Waals surface area contributed by atoms with E-state index in [2.05, 4.69) is 27.2 Å². The van der Waals surface area contributed by atoms with Crippen molar-refractivity contribution < 1.29 is 4.74 Å². The molecule has 3 rings (SSSR count). The van der Waals surface area contributed by atoms with Crippen LogP contribution in [0.25, 0.3) is 0 Å². The molecule has 0 bridgehead atoms. The zero-order valence-corrected chi connectivity index (χ0v) is 15.2. The number of nitrogens with one attached hydrogen (secondary N) is 1. The molecular weight excluding hydrogens is 302 g/mol. The molecule has 3 unspecified atom stereocenters. The zero-order valence-electron chi connectivity index (χ0n) is 15.2. The molecule has 0 spiro atoms. The highest BCUT2D eigenvalue weighted by Gasteiger charge is 2.26. The Bertz CT molecular complexity index is 555. The normalized spacial score (nSPS) is 28.9. The van der Waals surface area contributed by atoms with Crippen molar-refractivity contribution in [2.24, 2.45) is 23.9 Å². The highest BCUT2D eigenvalue weighted by molar-refractivity contribution is 5.80. The fourth-order valence-electron chi connectivity index (χ4n) is 3.96. The van der Waals surface area contributed by atoms with E-state index in [1.807, 2.05) is 31.2 Å². The lowest BCUT2D eigenvalue weighted by Crippen LogP contribution is -2.49. The van der Waals surface area contributed by atoms with Gasteiger partial charge in [-0.15, -0.1) is 0 Å². The first-order chi connectivity index (χ1) is 11.7. The highest BCUT2D eigenvalue weighted by atomic mass is 16.5. The summed E-state index contributed by atoms with van der Waals surface area (Å²) in [6.45, 7) is 5.85. The van der Waals surface area contributed by atoms with E-state index < -0.39 is 0 Å². The lowest BCUT2D eigenvalue weighted by atomic mass is 9.82. The Morgan fingerprint density at radius 3 is 3.04 bits per heavy atom. The number of rotatable bonds is 3. The minimum Gasteiger partial charge on any atom is -0.370 e. The summed E-state index contributed by atoms with van der Waals surface area (Å²) in [4.78, 5) is 6.82. The van der Waals surface area contributed by atoms with Crippen molar-refractivity contribution in [1.82, 2.24) is 20.0 Å². The molecule has 24 heavy (non-hydrogen) atoms. The fourth-order valence-corrected chi connectivity index (χ4v) is 3.96. The lowest BCUT2D eigenvalue weighted by Gasteiger charge is -2.35. The Kier molecular flexibility index (Phi) is 5.76. The average Bonchev–Trinajstić information content (AvgIpc) is 3.02. The van der Waals surface area contributed by atoms with Crippen LogP contribution < -0.4 is 5.32 Å². The lowest BCUT2D eigenvalue weighted by molar-refractivity contribution is -0.00811. The van der Waals surface area contributed by atoms with Crippen LogP contribution in [0, 0.1) is 11.8 Å². The van der Waals surface area contributed by atoms with Gasteiger partial charge in [-0.25, -0.2) is 0 Å². The number of hydrogen-bond acceptors (Lipinski definition) is 3. The van der Waals surface area contributed by atoms with E-state index in [0.717, 1.165) is 49.6 Å². The molecule has 0 aromatic carbocycles. The Labute approximate surface area is 145 Å². The summed E-state index contributed by atoms with van der Waals surface area (Å²) in [6.07, 6.45) is 9.44. The molecule has 1 saturated carbocycles. The Hall–Kier alpha value is -1.56. The first-order valence-corrected chi connectivity index (χ1v) is 9.21. The SMILES string of the molecule is CN=C(NCC1CCCC(C)C1)N1CCOC(c2cnn(C)c2)C1. The molecule has 2 heterocycles. The molecule has 134 valence electrons. The minimum atomic E-state index is 0.0701. The van der Waals surface area contributed by atoms with E-state index in [4.69, 9.17) is 4.74 Å². The predicted molar refractivity (Wildman–Crippen MR) is 96.0 cm³/mol. The molecule has 1 N–H and O–H groups in total. The van der Waals surface area contributed by atoms with Gasteiger partial charge in [-0.1, -0.05) is 19.8 Å². The highest BCUT2D eigenvalue weighted by Crippen LogP contribution is 2.28. The zero-order chi connectivity index (χ0) is 16.9. The summed E-state index contributed by atoms with van der Waals surface area (Å²) in [5.41, 5.74) is 1.14. The summed E-state index contributed by atoms with van der Waals surface area (Å²) < 4.78 is 7.76. The second-order valence-corrected chi connectivity index (χ2v) is 7.32. The molecule has 1 aromatic heterocycles. The molecule has 6 nitrogen and oxygen atoms in total. The molecule has 1 aliphatic carbocycles. The number of morpholine rings is 1. The smallest absolute Gasteiger partial charge is 0.193 e. The quantitative estimate of drug-likeness (QED) is 0.680. The number of hydrogen-bond donors (Lipinski definition) is 1. The molecule has 3 atom stereocenters. The third-order valence-corrected chi connectivity index (χ3v) is 5.27. The van der Waals surface area contributed by atoms with Crippen molar-refractivity contribution in [3.05, 3.63) is 18.0 Å². The van der Waals surface area contributed by atoms with Crippen molar-refractivity contribution in [1.29, 1.82) is 0 Å². The van der Waals surface area contributed by atoms with E-state index in [9.17, 15) is 0 Å². The number of aliphatic imine (C=N–C) groups is 1. The fraction of sp³-hybridized carbons (Fsp3) is 0.778. The van der Waals surface area contributed by atoms with Gasteiger partial charge in [0, 0.05) is 38.9 Å². The van der Waals surface area contributed by atoms with Gasteiger partial charge in [-0.2, -0.15) is 5.10 Å². The Morgan fingerprint density at radius 2 is 2.33 bits per heavy atom. The molecule has 1 aromatic rings. The maximum atomic E-state index is 5.93. The van der Waals surface area contributed by atoms with Crippen LogP contribution in [-0.2, 0) is 11.8 Å². The van der Waals surface area contributed by atoms with Gasteiger partial charge in [0.2, 0.25) is 0 Å². The molecule has 6 heteroatoms. The minimum absolute atomic E-state index is 0.0701. The number of nitrogens with zero attached hydrogens (tertiary/aromatic N) is 4. The van der Waals surface area contributed by atoms with E-state index in [0.29, 0.717) is 0 Å². The van der Waals surface area contributed by atoms with Gasteiger partial charge in [0.05, 0.1) is 19.3 Å². The summed E-state index contributed by atoms with van der Waals surface area (Å²) in [5.74, 6) is 2.65. The van der Waals surface area contributed by atoms with Crippen molar-refractivity contribution in [2.75, 3.05) is 33.3 Å². The third kappa shape index (κ3) is 4.29. The van der Waals surface area contributed by atoms with Crippen LogP contribution in [-0.4, -0.2) is 53.9 Å². The van der Waals surface area contributed by atoms with E-state index in [1.54, 1.807) is 0 Å². The average molecular weight is 333 g/mol. The monoisotopic (exact) mass is 333 g/mol. The van der Waals surface area contributed by atoms with Crippen LogP contribution in [0.3, 0.4) is 0 Å². The Morgan fingerprint density at radius 1 is 1.46 bits per heavy atom. The predicted octanol–water partition coefficient (Wildman–Crippen LogP) is 2.20. The first kappa shape index (κ1) is 17.3. The van der Waals surface area contributed by atoms with E-state index >= 15 is 0 Å². The first-order valence-electron chi connectivity index (χ1n) is 9.21. The molecular formula is C18H31N5O. The second-order valence-electron chi connectivity index (χ2n) is 7.32. The standard InChI is InChI=1S/C18H31N5O/c1-14-5-4-6-15(9-14)10-20-18(19-2)23-7-8-24-17(13-23)16-11-21-22(3)12-16/h11-12,14-15,17H,4-10,13H2,1-3H3,(H,19,20). The number of guanidine groups is 1. The molecule has 1 aliphatic heterocycles. The molecule has 2 fully saturated rings. The van der Waals surface area contributed by atoms with Crippen LogP contribution >= 0.6 is 0 Å². The third-order valence-electron chi connectivity index (χ3n) is 5.27. The molecule has 0 amide bonds. The van der Waals surface area contributed by atoms with Gasteiger partial charge in [0.1, 0.15) is 6.10 Å². The molecule has 1 saturated heterocycles. The van der Waals surface area contributed by atoms with Gasteiger partial charge in [-0.05, 0) is 24.7 Å². The summed E-state index contributed by atoms with van der Waals surface area (Å²) in [5, 5.41) is 7.86. The van der Waals surface area contributed by atoms with Gasteiger partial charge in [0.25, 0.3) is 0 Å². The molecule has 2 aliphatic rings. The second kappa shape index (κ2) is 8.01. The van der Waals surface area contributed by atoms with Gasteiger partial charge in [0.15, 0.2) is 5.96 Å². The van der Waals surface area contributed by atoms with Crippen LogP contribution in [0.4, 0.5) is 0 Å². The van der Waals surface area contributed by atoms with Crippen LogP contribution in [0.15, 0.2) is 17.4 Å². The summed E-state index contributed by atoms with van der Waals surface area (Å²) in [7, 11) is 3.82. The Balaban J connectivity index is 1.54. The molecule has 0 radical (unpaired) electrons. The maximum absolute atomic E-state index is 5.93. The maximum Gasteiger partial charge on any atom is 0.193 e. The summed E-state index contributed by atoms with van der Waals surface area (Å²) in [6, 6.07) is 0. The van der Waals surface area contributed by atoms with Crippen molar-refractivity contribution in [3.63, 3.8) is 0 Å². The van der Waals surface area contributed by atoms with Crippen molar-refractivity contribution in [2.45, 2.75) is 38.7 Å². The van der Waals surface area contributed by atoms with Crippen LogP contribution in [0.2, 0.25) is 0 Å². The van der Waals surface area contributed by atoms with Crippen molar-refractivity contribution in [3.8, 4) is 0 Å². The van der Waals surface area contributed by atoms with Crippen molar-refractivity contribution >= 4 is 5.96 Å². The van der Waals surface area contributed by atoms with Gasteiger partial charge in [-0.3, -0.25) is 9.67 Å². The number of aryl methyl sites for hydroxylation is 1. The van der Waals surface area contributed by atoms with Crippen LogP contribution in [0.1, 0.15) is 44.3 Å². The van der Waals surface area contributed by atoms with Gasteiger partial charge >= 0.3 is 0 Å². The largest absolute Gasteiger partial charge is 0.370 e. The van der Waals surface area contributed by atoms with Crippen LogP contribution in [0.5, 0.6) is 0 Å². The summed E-state index contributed by atoms with van der Waals surface area (Å²) >= 11 is 0. The number of ether oxygens (including phenoxy) is 1.